The Morgan fingerprint density at radius 2 is 1.87 bits per heavy atom. The molecule has 0 aliphatic carbocycles. The van der Waals surface area contributed by atoms with Crippen LogP contribution in [0.3, 0.4) is 0 Å². The van der Waals surface area contributed by atoms with Gasteiger partial charge in [-0.3, -0.25) is 14.4 Å². The Balaban J connectivity index is 3.62. The number of hydroxylamine groups is 1. The van der Waals surface area contributed by atoms with E-state index in [4.69, 9.17) is 4.84 Å². The van der Waals surface area contributed by atoms with Gasteiger partial charge in [0.1, 0.15) is 0 Å². The van der Waals surface area contributed by atoms with Crippen LogP contribution in [0.4, 0.5) is 0 Å². The van der Waals surface area contributed by atoms with Crippen LogP contribution in [0.5, 0.6) is 0 Å². The average Bonchev–Trinajstić information content (AvgIpc) is 2.13. The van der Waals surface area contributed by atoms with Gasteiger partial charge in [-0.05, 0) is 6.92 Å². The largest absolute Gasteiger partial charge is 0.355 e. The predicted molar refractivity (Wildman–Crippen MR) is 56.9 cm³/mol. The van der Waals surface area contributed by atoms with E-state index in [2.05, 4.69) is 10.8 Å². The Morgan fingerprint density at radius 3 is 2.33 bits per heavy atom. The molecular formula is C10H20N2O3. The van der Waals surface area contributed by atoms with E-state index in [1.54, 1.807) is 6.92 Å². The summed E-state index contributed by atoms with van der Waals surface area (Å²) in [7, 11) is 0. The highest BCUT2D eigenvalue weighted by Crippen LogP contribution is 2.11. The van der Waals surface area contributed by atoms with Gasteiger partial charge in [-0.25, -0.2) is 5.48 Å². The van der Waals surface area contributed by atoms with Gasteiger partial charge in [0.25, 0.3) is 0 Å². The summed E-state index contributed by atoms with van der Waals surface area (Å²) in [6, 6.07) is 0. The van der Waals surface area contributed by atoms with E-state index >= 15 is 0 Å². The molecule has 88 valence electrons. The second-order valence-corrected chi connectivity index (χ2v) is 4.21. The van der Waals surface area contributed by atoms with Crippen molar-refractivity contribution in [2.24, 2.45) is 5.41 Å². The Bertz CT molecular complexity index is 221. The monoisotopic (exact) mass is 216 g/mol. The molecule has 0 aliphatic heterocycles. The first kappa shape index (κ1) is 13.9. The number of nitrogens with one attached hydrogen (secondary N) is 2. The molecule has 0 bridgehead atoms. The van der Waals surface area contributed by atoms with Crippen LogP contribution in [0.15, 0.2) is 0 Å². The van der Waals surface area contributed by atoms with Gasteiger partial charge in [0.2, 0.25) is 11.8 Å². The summed E-state index contributed by atoms with van der Waals surface area (Å²) in [5, 5.41) is 2.67. The summed E-state index contributed by atoms with van der Waals surface area (Å²) in [6.07, 6.45) is 0.224. The number of hydrogen-bond donors (Lipinski definition) is 2. The minimum absolute atomic E-state index is 0.0632. The van der Waals surface area contributed by atoms with Gasteiger partial charge in [-0.2, -0.15) is 0 Å². The first-order chi connectivity index (χ1) is 6.88. The van der Waals surface area contributed by atoms with Crippen molar-refractivity contribution in [2.45, 2.75) is 34.1 Å². The highest BCUT2D eigenvalue weighted by molar-refractivity contribution is 5.82. The van der Waals surface area contributed by atoms with Gasteiger partial charge in [-0.15, -0.1) is 0 Å². The smallest absolute Gasteiger partial charge is 0.245 e. The van der Waals surface area contributed by atoms with Gasteiger partial charge >= 0.3 is 0 Å². The molecule has 2 N–H and O–H groups in total. The maximum atomic E-state index is 11.4. The summed E-state index contributed by atoms with van der Waals surface area (Å²) >= 11 is 0. The van der Waals surface area contributed by atoms with Crippen LogP contribution in [0.2, 0.25) is 0 Å². The molecule has 0 spiro atoms. The fourth-order valence-electron chi connectivity index (χ4n) is 0.758. The van der Waals surface area contributed by atoms with Crippen molar-refractivity contribution in [1.29, 1.82) is 0 Å². The zero-order valence-electron chi connectivity index (χ0n) is 9.85. The zero-order valence-corrected chi connectivity index (χ0v) is 9.85. The van der Waals surface area contributed by atoms with Crippen molar-refractivity contribution >= 4 is 11.8 Å². The van der Waals surface area contributed by atoms with Gasteiger partial charge in [0.15, 0.2) is 0 Å². The van der Waals surface area contributed by atoms with E-state index in [-0.39, 0.29) is 18.2 Å². The third kappa shape index (κ3) is 6.90. The Hall–Kier alpha value is -1.10. The first-order valence-corrected chi connectivity index (χ1v) is 5.07. The minimum Gasteiger partial charge on any atom is -0.355 e. The fraction of sp³-hybridized carbons (Fsp3) is 0.800. The quantitative estimate of drug-likeness (QED) is 0.661. The summed E-state index contributed by atoms with van der Waals surface area (Å²) in [5.74, 6) is -0.294. The number of carbonyl (C=O) groups excluding carboxylic acids is 2. The Morgan fingerprint density at radius 1 is 1.27 bits per heavy atom. The third-order valence-electron chi connectivity index (χ3n) is 1.65. The van der Waals surface area contributed by atoms with E-state index in [0.29, 0.717) is 13.2 Å². The van der Waals surface area contributed by atoms with Crippen LogP contribution in [0, 0.1) is 5.41 Å². The molecule has 0 aromatic heterocycles. The zero-order chi connectivity index (χ0) is 11.9. The SMILES string of the molecule is CCONC(=O)CCNC(=O)C(C)(C)C. The Labute approximate surface area is 90.5 Å². The lowest BCUT2D eigenvalue weighted by Gasteiger charge is -2.17. The highest BCUT2D eigenvalue weighted by atomic mass is 16.6. The van der Waals surface area contributed by atoms with Gasteiger partial charge in [-0.1, -0.05) is 20.8 Å². The normalized spacial score (nSPS) is 10.9. The number of amides is 2. The van der Waals surface area contributed by atoms with Crippen molar-refractivity contribution in [3.8, 4) is 0 Å². The summed E-state index contributed by atoms with van der Waals surface area (Å²) < 4.78 is 0. The molecule has 0 atom stereocenters. The molecule has 0 aliphatic rings. The lowest BCUT2D eigenvalue weighted by molar-refractivity contribution is -0.133. The van der Waals surface area contributed by atoms with Crippen LogP contribution in [-0.2, 0) is 14.4 Å². The maximum absolute atomic E-state index is 11.4. The first-order valence-electron chi connectivity index (χ1n) is 5.07. The molecule has 15 heavy (non-hydrogen) atoms. The fourth-order valence-corrected chi connectivity index (χ4v) is 0.758. The molecule has 2 amide bonds. The molecule has 0 aromatic rings. The molecule has 5 heteroatoms. The lowest BCUT2D eigenvalue weighted by atomic mass is 9.96. The maximum Gasteiger partial charge on any atom is 0.245 e. The van der Waals surface area contributed by atoms with Crippen molar-refractivity contribution in [3.05, 3.63) is 0 Å². The molecule has 0 rings (SSSR count). The summed E-state index contributed by atoms with van der Waals surface area (Å²) in [5.41, 5.74) is 1.83. The van der Waals surface area contributed by atoms with E-state index < -0.39 is 5.41 Å². The number of carbonyl (C=O) groups is 2. The molecule has 0 radical (unpaired) electrons. The molecule has 0 heterocycles. The second kappa shape index (κ2) is 6.40. The van der Waals surface area contributed by atoms with E-state index in [1.807, 2.05) is 20.8 Å². The van der Waals surface area contributed by atoms with Crippen LogP contribution in [0.25, 0.3) is 0 Å². The van der Waals surface area contributed by atoms with Gasteiger partial charge in [0.05, 0.1) is 6.61 Å². The number of rotatable bonds is 5. The van der Waals surface area contributed by atoms with E-state index in [0.717, 1.165) is 0 Å². The van der Waals surface area contributed by atoms with Gasteiger partial charge in [0, 0.05) is 18.4 Å². The minimum atomic E-state index is -0.420. The lowest BCUT2D eigenvalue weighted by Crippen LogP contribution is -2.37. The van der Waals surface area contributed by atoms with Crippen LogP contribution >= 0.6 is 0 Å². The van der Waals surface area contributed by atoms with E-state index in [1.165, 1.54) is 0 Å². The third-order valence-corrected chi connectivity index (χ3v) is 1.65. The molecule has 0 saturated heterocycles. The summed E-state index contributed by atoms with van der Waals surface area (Å²) in [6.45, 7) is 8.00. The average molecular weight is 216 g/mol. The molecule has 0 saturated carbocycles. The van der Waals surface area contributed by atoms with Crippen molar-refractivity contribution < 1.29 is 14.4 Å². The molecule has 0 fully saturated rings. The molecule has 5 nitrogen and oxygen atoms in total. The van der Waals surface area contributed by atoms with Crippen LogP contribution in [-0.4, -0.2) is 25.0 Å². The standard InChI is InChI=1S/C10H20N2O3/c1-5-15-12-8(13)6-7-11-9(14)10(2,3)4/h5-7H2,1-4H3,(H,11,14)(H,12,13). The Kier molecular flexibility index (Phi) is 5.93. The topological polar surface area (TPSA) is 67.4 Å². The van der Waals surface area contributed by atoms with Gasteiger partial charge < -0.3 is 5.32 Å². The van der Waals surface area contributed by atoms with E-state index in [9.17, 15) is 9.59 Å². The molecular weight excluding hydrogens is 196 g/mol. The van der Waals surface area contributed by atoms with Crippen molar-refractivity contribution in [1.82, 2.24) is 10.8 Å². The van der Waals surface area contributed by atoms with Crippen molar-refractivity contribution in [3.63, 3.8) is 0 Å². The summed E-state index contributed by atoms with van der Waals surface area (Å²) in [4.78, 5) is 27.1. The predicted octanol–water partition coefficient (Wildman–Crippen LogP) is 0.606. The highest BCUT2D eigenvalue weighted by Gasteiger charge is 2.20. The molecule has 0 aromatic carbocycles. The van der Waals surface area contributed by atoms with Crippen LogP contribution in [0.1, 0.15) is 34.1 Å². The van der Waals surface area contributed by atoms with Crippen molar-refractivity contribution in [2.75, 3.05) is 13.2 Å². The second-order valence-electron chi connectivity index (χ2n) is 4.21. The number of hydrogen-bond acceptors (Lipinski definition) is 3. The van der Waals surface area contributed by atoms with Crippen LogP contribution < -0.4 is 10.8 Å². The molecule has 0 unspecified atom stereocenters.